The number of hydrogen-bond donors (Lipinski definition) is 1. The highest BCUT2D eigenvalue weighted by molar-refractivity contribution is 5.89. The average molecular weight is 336 g/mol. The number of aromatic nitrogens is 2. The van der Waals surface area contributed by atoms with Gasteiger partial charge in [0.2, 0.25) is 0 Å². The minimum absolute atomic E-state index is 0.0104. The van der Waals surface area contributed by atoms with Crippen molar-refractivity contribution in [2.45, 2.75) is 33.4 Å². The van der Waals surface area contributed by atoms with Gasteiger partial charge in [-0.15, -0.1) is 0 Å². The van der Waals surface area contributed by atoms with Crippen LogP contribution in [0.25, 0.3) is 22.3 Å². The topological polar surface area (TPSA) is 64.4 Å². The van der Waals surface area contributed by atoms with Gasteiger partial charge >= 0.3 is 0 Å². The van der Waals surface area contributed by atoms with E-state index in [-0.39, 0.29) is 11.3 Å². The average Bonchev–Trinajstić information content (AvgIpc) is 2.95. The van der Waals surface area contributed by atoms with Gasteiger partial charge in [0, 0.05) is 23.6 Å². The van der Waals surface area contributed by atoms with Crippen molar-refractivity contribution in [3.05, 3.63) is 56.9 Å². The Bertz CT molecular complexity index is 1070. The van der Waals surface area contributed by atoms with Crippen LogP contribution in [0.3, 0.4) is 0 Å². The molecular weight excluding hydrogens is 316 g/mol. The van der Waals surface area contributed by atoms with E-state index in [1.54, 1.807) is 23.8 Å². The summed E-state index contributed by atoms with van der Waals surface area (Å²) in [6, 6.07) is 7.27. The van der Waals surface area contributed by atoms with Crippen molar-refractivity contribution in [2.24, 2.45) is 0 Å². The summed E-state index contributed by atoms with van der Waals surface area (Å²) in [4.78, 5) is 17.7. The first-order chi connectivity index (χ1) is 12.0. The van der Waals surface area contributed by atoms with E-state index < -0.39 is 0 Å². The predicted octanol–water partition coefficient (Wildman–Crippen LogP) is 3.15. The van der Waals surface area contributed by atoms with E-state index >= 15 is 0 Å². The van der Waals surface area contributed by atoms with Crippen LogP contribution in [0.2, 0.25) is 0 Å². The molecule has 0 saturated carbocycles. The summed E-state index contributed by atoms with van der Waals surface area (Å²) in [7, 11) is 1.60. The van der Waals surface area contributed by atoms with E-state index in [0.717, 1.165) is 45.4 Å². The third-order valence-electron chi connectivity index (χ3n) is 5.01. The van der Waals surface area contributed by atoms with Crippen LogP contribution in [-0.2, 0) is 24.3 Å². The Morgan fingerprint density at radius 2 is 2.08 bits per heavy atom. The monoisotopic (exact) mass is 336 g/mol. The van der Waals surface area contributed by atoms with Gasteiger partial charge < -0.3 is 14.4 Å². The van der Waals surface area contributed by atoms with Gasteiger partial charge in [-0.25, -0.2) is 4.98 Å². The summed E-state index contributed by atoms with van der Waals surface area (Å²) in [5, 5.41) is 10.8. The Hall–Kier alpha value is -2.66. The van der Waals surface area contributed by atoms with Crippen LogP contribution < -0.4 is 5.56 Å². The maximum absolute atomic E-state index is 12.9. The van der Waals surface area contributed by atoms with Crippen LogP contribution in [-0.4, -0.2) is 21.8 Å². The van der Waals surface area contributed by atoms with Crippen LogP contribution in [0.5, 0.6) is 5.75 Å². The summed E-state index contributed by atoms with van der Waals surface area (Å²) >= 11 is 0. The number of phenolic OH excluding ortho intramolecular Hbond substituents is 1. The molecule has 0 bridgehead atoms. The second-order valence-electron chi connectivity index (χ2n) is 6.49. The fraction of sp³-hybridized carbons (Fsp3) is 0.300. The highest BCUT2D eigenvalue weighted by Crippen LogP contribution is 2.36. The number of benzene rings is 1. The molecule has 1 N–H and O–H groups in total. The standard InChI is InChI=1S/C20H20N2O3/c1-4-13-14-8-12(23)5-6-17(14)21-19-15(13)9-22-18(19)7-11(2)16(10-25-3)20(22)24/h5-8,23H,4,9-10H2,1-3H3. The lowest BCUT2D eigenvalue weighted by atomic mass is 9.98. The SMILES string of the molecule is CCc1c2c(nc3ccc(O)cc13)-c1cc(C)c(COC)c(=O)n1C2. The summed E-state index contributed by atoms with van der Waals surface area (Å²) in [5.74, 6) is 0.231. The first-order valence-corrected chi connectivity index (χ1v) is 8.42. The number of aryl methyl sites for hydroxylation is 2. The van der Waals surface area contributed by atoms with Gasteiger partial charge in [-0.1, -0.05) is 6.92 Å². The Balaban J connectivity index is 2.03. The zero-order chi connectivity index (χ0) is 17.7. The summed E-state index contributed by atoms with van der Waals surface area (Å²) in [6.07, 6.45) is 0.817. The largest absolute Gasteiger partial charge is 0.508 e. The quantitative estimate of drug-likeness (QED) is 0.624. The Kier molecular flexibility index (Phi) is 3.62. The molecule has 0 atom stereocenters. The van der Waals surface area contributed by atoms with Crippen LogP contribution >= 0.6 is 0 Å². The minimum Gasteiger partial charge on any atom is -0.508 e. The fourth-order valence-corrected chi connectivity index (χ4v) is 3.78. The fourth-order valence-electron chi connectivity index (χ4n) is 3.78. The molecule has 1 aromatic carbocycles. The molecule has 128 valence electrons. The molecule has 2 aromatic heterocycles. The molecule has 0 aliphatic carbocycles. The molecular formula is C20H20N2O3. The van der Waals surface area contributed by atoms with Crippen LogP contribution in [0, 0.1) is 6.92 Å². The molecule has 0 spiro atoms. The number of phenols is 1. The molecule has 1 aliphatic heterocycles. The summed E-state index contributed by atoms with van der Waals surface area (Å²) in [6.45, 7) is 4.86. The zero-order valence-corrected chi connectivity index (χ0v) is 14.6. The van der Waals surface area contributed by atoms with Crippen molar-refractivity contribution in [1.29, 1.82) is 0 Å². The molecule has 3 heterocycles. The lowest BCUT2D eigenvalue weighted by Crippen LogP contribution is -2.24. The summed E-state index contributed by atoms with van der Waals surface area (Å²) < 4.78 is 6.98. The normalized spacial score (nSPS) is 12.4. The Morgan fingerprint density at radius 1 is 1.28 bits per heavy atom. The van der Waals surface area contributed by atoms with Gasteiger partial charge in [0.25, 0.3) is 5.56 Å². The number of aromatic hydroxyl groups is 1. The Morgan fingerprint density at radius 3 is 2.80 bits per heavy atom. The van der Waals surface area contributed by atoms with Crippen LogP contribution in [0.4, 0.5) is 0 Å². The smallest absolute Gasteiger partial charge is 0.257 e. The number of nitrogens with zero attached hydrogens (tertiary/aromatic N) is 2. The summed E-state index contributed by atoms with van der Waals surface area (Å²) in [5.41, 5.74) is 6.41. The first kappa shape index (κ1) is 15.8. The van der Waals surface area contributed by atoms with E-state index in [2.05, 4.69) is 6.92 Å². The third kappa shape index (κ3) is 2.27. The van der Waals surface area contributed by atoms with Crippen molar-refractivity contribution in [3.8, 4) is 17.1 Å². The first-order valence-electron chi connectivity index (χ1n) is 8.42. The van der Waals surface area contributed by atoms with Crippen molar-refractivity contribution >= 4 is 10.9 Å². The van der Waals surface area contributed by atoms with Crippen LogP contribution in [0.1, 0.15) is 29.2 Å². The molecule has 0 radical (unpaired) electrons. The van der Waals surface area contributed by atoms with Gasteiger partial charge in [-0.2, -0.15) is 0 Å². The number of methoxy groups -OCH3 is 1. The molecule has 4 rings (SSSR count). The van der Waals surface area contributed by atoms with E-state index in [9.17, 15) is 9.90 Å². The molecule has 5 heteroatoms. The number of rotatable bonds is 3. The maximum Gasteiger partial charge on any atom is 0.257 e. The zero-order valence-electron chi connectivity index (χ0n) is 14.6. The minimum atomic E-state index is -0.0104. The van der Waals surface area contributed by atoms with Crippen molar-refractivity contribution in [1.82, 2.24) is 9.55 Å². The van der Waals surface area contributed by atoms with E-state index in [1.165, 1.54) is 0 Å². The molecule has 1 aliphatic rings. The van der Waals surface area contributed by atoms with Gasteiger partial charge in [0.15, 0.2) is 0 Å². The van der Waals surface area contributed by atoms with Gasteiger partial charge in [0.1, 0.15) is 5.75 Å². The van der Waals surface area contributed by atoms with Gasteiger partial charge in [-0.05, 0) is 48.7 Å². The lowest BCUT2D eigenvalue weighted by molar-refractivity contribution is 0.183. The number of hydrogen-bond acceptors (Lipinski definition) is 4. The predicted molar refractivity (Wildman–Crippen MR) is 97.0 cm³/mol. The maximum atomic E-state index is 12.9. The van der Waals surface area contributed by atoms with E-state index in [1.807, 2.05) is 19.1 Å². The number of fused-ring (bicyclic) bond motifs is 4. The third-order valence-corrected chi connectivity index (χ3v) is 5.01. The molecule has 0 saturated heterocycles. The van der Waals surface area contributed by atoms with Gasteiger partial charge in [0.05, 0.1) is 30.1 Å². The molecule has 0 unspecified atom stereocenters. The van der Waals surface area contributed by atoms with Crippen molar-refractivity contribution in [2.75, 3.05) is 7.11 Å². The molecule has 25 heavy (non-hydrogen) atoms. The number of pyridine rings is 2. The molecule has 0 amide bonds. The second-order valence-corrected chi connectivity index (χ2v) is 6.49. The molecule has 5 nitrogen and oxygen atoms in total. The van der Waals surface area contributed by atoms with Crippen molar-refractivity contribution in [3.63, 3.8) is 0 Å². The molecule has 3 aromatic rings. The Labute approximate surface area is 145 Å². The van der Waals surface area contributed by atoms with Crippen molar-refractivity contribution < 1.29 is 9.84 Å². The van der Waals surface area contributed by atoms with E-state index in [0.29, 0.717) is 18.7 Å². The second kappa shape index (κ2) is 5.70. The highest BCUT2D eigenvalue weighted by atomic mass is 16.5. The lowest BCUT2D eigenvalue weighted by Gasteiger charge is -2.10. The van der Waals surface area contributed by atoms with E-state index in [4.69, 9.17) is 9.72 Å². The van der Waals surface area contributed by atoms with Crippen LogP contribution in [0.15, 0.2) is 29.1 Å². The molecule has 0 fully saturated rings. The highest BCUT2D eigenvalue weighted by Gasteiger charge is 2.26. The number of ether oxygens (including phenoxy) is 1. The van der Waals surface area contributed by atoms with Gasteiger partial charge in [-0.3, -0.25) is 4.79 Å².